The van der Waals surface area contributed by atoms with Gasteiger partial charge in [0.25, 0.3) is 5.91 Å². The van der Waals surface area contributed by atoms with E-state index in [0.717, 1.165) is 23.1 Å². The maximum Gasteiger partial charge on any atom is 0.252 e. The summed E-state index contributed by atoms with van der Waals surface area (Å²) in [5, 5.41) is 3.03. The Morgan fingerprint density at radius 3 is 2.29 bits per heavy atom. The van der Waals surface area contributed by atoms with Gasteiger partial charge in [0.15, 0.2) is 0 Å². The molecule has 0 fully saturated rings. The molecule has 1 rings (SSSR count). The molecular weight excluding hydrogens is 234 g/mol. The fourth-order valence-corrected chi connectivity index (χ4v) is 2.31. The van der Waals surface area contributed by atoms with Crippen molar-refractivity contribution >= 4 is 17.5 Å². The number of halogens is 1. The summed E-state index contributed by atoms with van der Waals surface area (Å²) < 4.78 is 0. The Bertz CT molecular complexity index is 392. The molecule has 1 amide bonds. The number of alkyl halides is 1. The number of benzene rings is 1. The molecule has 0 aliphatic carbocycles. The second kappa shape index (κ2) is 5.54. The lowest BCUT2D eigenvalue weighted by molar-refractivity contribution is 0.0910. The van der Waals surface area contributed by atoms with E-state index in [-0.39, 0.29) is 11.4 Å². The molecule has 0 saturated carbocycles. The van der Waals surface area contributed by atoms with Gasteiger partial charge in [-0.25, -0.2) is 0 Å². The number of carbonyl (C=O) groups excluding carboxylic acids is 1. The molecule has 3 heteroatoms. The Balaban J connectivity index is 2.91. The molecule has 1 aromatic carbocycles. The number of hydrogen-bond donors (Lipinski definition) is 1. The minimum absolute atomic E-state index is 0.0179. The van der Waals surface area contributed by atoms with E-state index in [4.69, 9.17) is 11.6 Å². The quantitative estimate of drug-likeness (QED) is 0.819. The van der Waals surface area contributed by atoms with E-state index < -0.39 is 0 Å². The van der Waals surface area contributed by atoms with Crippen molar-refractivity contribution in [2.24, 2.45) is 0 Å². The van der Waals surface area contributed by atoms with Crippen LogP contribution in [0, 0.1) is 13.8 Å². The van der Waals surface area contributed by atoms with E-state index >= 15 is 0 Å². The molecule has 2 nitrogen and oxygen atoms in total. The minimum atomic E-state index is -0.270. The van der Waals surface area contributed by atoms with E-state index in [1.807, 2.05) is 45.9 Å². The average Bonchev–Trinajstić information content (AvgIpc) is 2.15. The van der Waals surface area contributed by atoms with E-state index in [2.05, 4.69) is 5.32 Å². The van der Waals surface area contributed by atoms with Gasteiger partial charge < -0.3 is 5.32 Å². The van der Waals surface area contributed by atoms with E-state index in [1.54, 1.807) is 0 Å². The maximum atomic E-state index is 12.2. The highest BCUT2D eigenvalue weighted by molar-refractivity contribution is 6.17. The summed E-state index contributed by atoms with van der Waals surface area (Å²) in [7, 11) is 0. The lowest BCUT2D eigenvalue weighted by Gasteiger charge is -2.26. The monoisotopic (exact) mass is 253 g/mol. The molecule has 0 spiro atoms. The summed E-state index contributed by atoms with van der Waals surface area (Å²) in [5.41, 5.74) is 2.51. The number of amides is 1. The van der Waals surface area contributed by atoms with Crippen LogP contribution in [-0.2, 0) is 0 Å². The van der Waals surface area contributed by atoms with Crippen molar-refractivity contribution < 1.29 is 4.79 Å². The SMILES string of the molecule is Cc1cccc(C)c1C(=O)NC(C)(C)CCCl. The van der Waals surface area contributed by atoms with Crippen molar-refractivity contribution in [2.75, 3.05) is 5.88 Å². The zero-order valence-electron chi connectivity index (χ0n) is 10.9. The van der Waals surface area contributed by atoms with Crippen molar-refractivity contribution in [2.45, 2.75) is 39.7 Å². The van der Waals surface area contributed by atoms with Crippen LogP contribution in [0.1, 0.15) is 41.8 Å². The second-order valence-corrected chi connectivity index (χ2v) is 5.42. The van der Waals surface area contributed by atoms with Gasteiger partial charge in [0.05, 0.1) is 0 Å². The number of hydrogen-bond acceptors (Lipinski definition) is 1. The molecule has 1 N–H and O–H groups in total. The summed E-state index contributed by atoms with van der Waals surface area (Å²) in [6, 6.07) is 5.87. The lowest BCUT2D eigenvalue weighted by Crippen LogP contribution is -2.44. The third kappa shape index (κ3) is 3.74. The van der Waals surface area contributed by atoms with Crippen LogP contribution in [-0.4, -0.2) is 17.3 Å². The minimum Gasteiger partial charge on any atom is -0.347 e. The van der Waals surface area contributed by atoms with Crippen molar-refractivity contribution in [1.29, 1.82) is 0 Å². The Labute approximate surface area is 108 Å². The van der Waals surface area contributed by atoms with Gasteiger partial charge >= 0.3 is 0 Å². The maximum absolute atomic E-state index is 12.2. The number of carbonyl (C=O) groups is 1. The van der Waals surface area contributed by atoms with Gasteiger partial charge in [0.2, 0.25) is 0 Å². The van der Waals surface area contributed by atoms with Crippen LogP contribution >= 0.6 is 11.6 Å². The molecule has 0 saturated heterocycles. The van der Waals surface area contributed by atoms with E-state index in [1.165, 1.54) is 0 Å². The van der Waals surface area contributed by atoms with Crippen LogP contribution in [0.15, 0.2) is 18.2 Å². The molecule has 0 unspecified atom stereocenters. The first-order valence-electron chi connectivity index (χ1n) is 5.82. The van der Waals surface area contributed by atoms with Crippen molar-refractivity contribution in [1.82, 2.24) is 5.32 Å². The van der Waals surface area contributed by atoms with Gasteiger partial charge in [-0.15, -0.1) is 11.6 Å². The molecule has 0 atom stereocenters. The summed E-state index contributed by atoms with van der Waals surface area (Å²) in [4.78, 5) is 12.2. The van der Waals surface area contributed by atoms with Crippen LogP contribution in [0.5, 0.6) is 0 Å². The summed E-state index contributed by atoms with van der Waals surface area (Å²) in [6.07, 6.45) is 0.755. The van der Waals surface area contributed by atoms with Gasteiger partial charge in [-0.2, -0.15) is 0 Å². The summed E-state index contributed by atoms with van der Waals surface area (Å²) in [6.45, 7) is 7.88. The number of aryl methyl sites for hydroxylation is 2. The van der Waals surface area contributed by atoms with Crippen LogP contribution in [0.4, 0.5) is 0 Å². The van der Waals surface area contributed by atoms with Crippen LogP contribution < -0.4 is 5.32 Å². The zero-order valence-corrected chi connectivity index (χ0v) is 11.7. The van der Waals surface area contributed by atoms with Crippen LogP contribution in [0.2, 0.25) is 0 Å². The molecule has 0 aliphatic heterocycles. The number of rotatable bonds is 4. The predicted octanol–water partition coefficient (Wildman–Crippen LogP) is 3.44. The number of nitrogens with one attached hydrogen (secondary N) is 1. The molecule has 0 bridgehead atoms. The average molecular weight is 254 g/mol. The van der Waals surface area contributed by atoms with Gasteiger partial charge in [-0.1, -0.05) is 18.2 Å². The van der Waals surface area contributed by atoms with Gasteiger partial charge in [0.1, 0.15) is 0 Å². The third-order valence-corrected chi connectivity index (χ3v) is 3.07. The molecule has 0 radical (unpaired) electrons. The molecule has 0 heterocycles. The first-order chi connectivity index (χ1) is 7.87. The van der Waals surface area contributed by atoms with E-state index in [9.17, 15) is 4.79 Å². The Morgan fingerprint density at radius 1 is 1.29 bits per heavy atom. The fourth-order valence-electron chi connectivity index (χ4n) is 1.84. The molecule has 17 heavy (non-hydrogen) atoms. The van der Waals surface area contributed by atoms with Gasteiger partial charge in [-0.05, 0) is 45.2 Å². The van der Waals surface area contributed by atoms with Crippen molar-refractivity contribution in [3.8, 4) is 0 Å². The second-order valence-electron chi connectivity index (χ2n) is 5.04. The third-order valence-electron chi connectivity index (χ3n) is 2.88. The largest absolute Gasteiger partial charge is 0.347 e. The molecular formula is C14H20ClNO. The highest BCUT2D eigenvalue weighted by atomic mass is 35.5. The topological polar surface area (TPSA) is 29.1 Å². The smallest absolute Gasteiger partial charge is 0.252 e. The standard InChI is InChI=1S/C14H20ClNO/c1-10-6-5-7-11(2)12(10)13(17)16-14(3,4)8-9-15/h5-7H,8-9H2,1-4H3,(H,16,17). The first kappa shape index (κ1) is 14.0. The normalized spacial score (nSPS) is 11.4. The highest BCUT2D eigenvalue weighted by Crippen LogP contribution is 2.16. The summed E-state index contributed by atoms with van der Waals surface area (Å²) in [5.74, 6) is 0.524. The zero-order chi connectivity index (χ0) is 13.1. The van der Waals surface area contributed by atoms with Crippen LogP contribution in [0.3, 0.4) is 0 Å². The molecule has 94 valence electrons. The Morgan fingerprint density at radius 2 is 1.82 bits per heavy atom. The molecule has 0 aliphatic rings. The van der Waals surface area contributed by atoms with Crippen molar-refractivity contribution in [3.63, 3.8) is 0 Å². The molecule has 1 aromatic rings. The van der Waals surface area contributed by atoms with E-state index in [0.29, 0.717) is 5.88 Å². The lowest BCUT2D eigenvalue weighted by atomic mass is 9.98. The Hall–Kier alpha value is -1.02. The van der Waals surface area contributed by atoms with Gasteiger partial charge in [-0.3, -0.25) is 4.79 Å². The first-order valence-corrected chi connectivity index (χ1v) is 6.35. The predicted molar refractivity (Wildman–Crippen MR) is 72.8 cm³/mol. The van der Waals surface area contributed by atoms with Gasteiger partial charge in [0, 0.05) is 17.0 Å². The van der Waals surface area contributed by atoms with Crippen molar-refractivity contribution in [3.05, 3.63) is 34.9 Å². The van der Waals surface area contributed by atoms with Crippen LogP contribution in [0.25, 0.3) is 0 Å². The molecule has 0 aromatic heterocycles. The highest BCUT2D eigenvalue weighted by Gasteiger charge is 2.22. The fraction of sp³-hybridized carbons (Fsp3) is 0.500. The summed E-state index contributed by atoms with van der Waals surface area (Å²) >= 11 is 5.73. The Kier molecular flexibility index (Phi) is 4.58.